The van der Waals surface area contributed by atoms with Crippen molar-refractivity contribution in [3.63, 3.8) is 0 Å². The van der Waals surface area contributed by atoms with Gasteiger partial charge in [-0.1, -0.05) is 64.5 Å². The van der Waals surface area contributed by atoms with Crippen molar-refractivity contribution in [2.75, 3.05) is 5.32 Å². The van der Waals surface area contributed by atoms with Gasteiger partial charge in [0.25, 0.3) is 5.91 Å². The molecule has 1 amide bonds. The molecule has 1 aromatic heterocycles. The Morgan fingerprint density at radius 3 is 2.68 bits per heavy atom. The van der Waals surface area contributed by atoms with Crippen molar-refractivity contribution in [2.24, 2.45) is 0 Å². The highest BCUT2D eigenvalue weighted by atomic mass is 35.5. The van der Waals surface area contributed by atoms with Crippen LogP contribution in [0.15, 0.2) is 46.8 Å². The molecule has 25 heavy (non-hydrogen) atoms. The molecule has 0 bridgehead atoms. The number of nitrogens with zero attached hydrogens (tertiary/aromatic N) is 2. The van der Waals surface area contributed by atoms with Gasteiger partial charge >= 0.3 is 0 Å². The lowest BCUT2D eigenvalue weighted by atomic mass is 10.2. The lowest BCUT2D eigenvalue weighted by Gasteiger charge is -2.04. The predicted molar refractivity (Wildman–Crippen MR) is 100 cm³/mol. The standard InChI is InChI=1S/C16H10Cl2FN3OS2/c17-12-3-1-2-11(13(12)18)14(23)20-15-21-22-16(25-15)24-8-9-4-6-10(19)7-5-9/h1-7H,8H2,(H,20,21,23). The van der Waals surface area contributed by atoms with Crippen LogP contribution >= 0.6 is 46.3 Å². The van der Waals surface area contributed by atoms with Crippen LogP contribution in [0.5, 0.6) is 0 Å². The van der Waals surface area contributed by atoms with Gasteiger partial charge < -0.3 is 0 Å². The number of anilines is 1. The molecule has 0 fully saturated rings. The average molecular weight is 414 g/mol. The van der Waals surface area contributed by atoms with Gasteiger partial charge in [-0.2, -0.15) is 0 Å². The minimum absolute atomic E-state index is 0.192. The summed E-state index contributed by atoms with van der Waals surface area (Å²) in [6, 6.07) is 11.1. The first kappa shape index (κ1) is 18.1. The molecule has 4 nitrogen and oxygen atoms in total. The van der Waals surface area contributed by atoms with Gasteiger partial charge in [0.1, 0.15) is 5.82 Å². The maximum Gasteiger partial charge on any atom is 0.259 e. The average Bonchev–Trinajstić information content (AvgIpc) is 3.04. The van der Waals surface area contributed by atoms with E-state index in [0.717, 1.165) is 5.56 Å². The summed E-state index contributed by atoms with van der Waals surface area (Å²) in [6.07, 6.45) is 0. The monoisotopic (exact) mass is 413 g/mol. The summed E-state index contributed by atoms with van der Waals surface area (Å²) in [4.78, 5) is 12.3. The molecule has 3 rings (SSSR count). The molecule has 9 heteroatoms. The Labute approximate surface area is 161 Å². The highest BCUT2D eigenvalue weighted by Crippen LogP contribution is 2.30. The molecule has 1 heterocycles. The first-order chi connectivity index (χ1) is 12.0. The van der Waals surface area contributed by atoms with Gasteiger partial charge in [0, 0.05) is 5.75 Å². The van der Waals surface area contributed by atoms with Gasteiger partial charge in [0.2, 0.25) is 5.13 Å². The van der Waals surface area contributed by atoms with Crippen LogP contribution in [-0.4, -0.2) is 16.1 Å². The number of amides is 1. The first-order valence-corrected chi connectivity index (χ1v) is 9.55. The number of carbonyl (C=O) groups is 1. The number of halogens is 3. The van der Waals surface area contributed by atoms with E-state index in [9.17, 15) is 9.18 Å². The third-order valence-electron chi connectivity index (χ3n) is 3.10. The van der Waals surface area contributed by atoms with Crippen LogP contribution in [0, 0.1) is 5.82 Å². The van der Waals surface area contributed by atoms with Crippen molar-refractivity contribution < 1.29 is 9.18 Å². The Morgan fingerprint density at radius 2 is 1.92 bits per heavy atom. The summed E-state index contributed by atoms with van der Waals surface area (Å²) in [7, 11) is 0. The van der Waals surface area contributed by atoms with Gasteiger partial charge in [0.15, 0.2) is 4.34 Å². The molecule has 0 radical (unpaired) electrons. The highest BCUT2D eigenvalue weighted by molar-refractivity contribution is 8.00. The summed E-state index contributed by atoms with van der Waals surface area (Å²) in [5, 5.41) is 11.5. The number of benzene rings is 2. The van der Waals surface area contributed by atoms with Crippen molar-refractivity contribution in [1.82, 2.24) is 10.2 Å². The largest absolute Gasteiger partial charge is 0.296 e. The Hall–Kier alpha value is -1.67. The molecule has 1 N–H and O–H groups in total. The molecular weight excluding hydrogens is 404 g/mol. The van der Waals surface area contributed by atoms with Crippen molar-refractivity contribution in [3.8, 4) is 0 Å². The second kappa shape index (κ2) is 8.14. The zero-order valence-corrected chi connectivity index (χ0v) is 15.6. The molecule has 0 saturated carbocycles. The van der Waals surface area contributed by atoms with E-state index in [1.807, 2.05) is 0 Å². The number of rotatable bonds is 5. The van der Waals surface area contributed by atoms with E-state index in [1.165, 1.54) is 35.2 Å². The maximum atomic E-state index is 12.9. The molecule has 3 aromatic rings. The minimum Gasteiger partial charge on any atom is -0.296 e. The van der Waals surface area contributed by atoms with E-state index in [2.05, 4.69) is 15.5 Å². The molecule has 128 valence electrons. The van der Waals surface area contributed by atoms with Gasteiger partial charge in [0.05, 0.1) is 15.6 Å². The Balaban J connectivity index is 1.62. The molecule has 0 aliphatic carbocycles. The van der Waals surface area contributed by atoms with Crippen LogP contribution in [0.4, 0.5) is 9.52 Å². The normalized spacial score (nSPS) is 10.7. The van der Waals surface area contributed by atoms with E-state index in [1.54, 1.807) is 30.3 Å². The van der Waals surface area contributed by atoms with E-state index in [0.29, 0.717) is 20.2 Å². The fourth-order valence-corrected chi connectivity index (χ4v) is 3.98. The fourth-order valence-electron chi connectivity index (χ4n) is 1.89. The fraction of sp³-hybridized carbons (Fsp3) is 0.0625. The van der Waals surface area contributed by atoms with Crippen LogP contribution in [0.1, 0.15) is 15.9 Å². The highest BCUT2D eigenvalue weighted by Gasteiger charge is 2.15. The second-order valence-corrected chi connectivity index (χ2v) is 7.83. The quantitative estimate of drug-likeness (QED) is 0.441. The van der Waals surface area contributed by atoms with Crippen LogP contribution < -0.4 is 5.32 Å². The first-order valence-electron chi connectivity index (χ1n) is 6.99. The van der Waals surface area contributed by atoms with Crippen LogP contribution in [-0.2, 0) is 5.75 Å². The zero-order valence-electron chi connectivity index (χ0n) is 12.5. The number of hydrogen-bond donors (Lipinski definition) is 1. The van der Waals surface area contributed by atoms with Crippen LogP contribution in [0.3, 0.4) is 0 Å². The zero-order chi connectivity index (χ0) is 17.8. The number of thioether (sulfide) groups is 1. The summed E-state index contributed by atoms with van der Waals surface area (Å²) in [5.41, 5.74) is 1.24. The molecule has 0 aliphatic heterocycles. The van der Waals surface area contributed by atoms with E-state index in [-0.39, 0.29) is 16.4 Å². The lowest BCUT2D eigenvalue weighted by Crippen LogP contribution is -2.12. The van der Waals surface area contributed by atoms with Gasteiger partial charge in [-0.25, -0.2) is 4.39 Å². The Bertz CT molecular complexity index is 903. The summed E-state index contributed by atoms with van der Waals surface area (Å²) in [6.45, 7) is 0. The minimum atomic E-state index is -0.404. The third-order valence-corrected chi connectivity index (χ3v) is 5.96. The van der Waals surface area contributed by atoms with E-state index < -0.39 is 5.91 Å². The lowest BCUT2D eigenvalue weighted by molar-refractivity contribution is 0.102. The van der Waals surface area contributed by atoms with Gasteiger partial charge in [-0.3, -0.25) is 10.1 Å². The Kier molecular flexibility index (Phi) is 5.90. The second-order valence-electron chi connectivity index (χ2n) is 4.84. The van der Waals surface area contributed by atoms with Crippen molar-refractivity contribution in [3.05, 3.63) is 69.5 Å². The molecule has 0 aliphatic rings. The topological polar surface area (TPSA) is 54.9 Å². The van der Waals surface area contributed by atoms with Gasteiger partial charge in [-0.05, 0) is 29.8 Å². The predicted octanol–water partition coefficient (Wildman–Crippen LogP) is 5.53. The molecule has 0 unspecified atom stereocenters. The molecule has 2 aromatic carbocycles. The van der Waals surface area contributed by atoms with Crippen molar-refractivity contribution >= 4 is 57.3 Å². The summed E-state index contributed by atoms with van der Waals surface area (Å²) >= 11 is 14.6. The molecule has 0 saturated heterocycles. The van der Waals surface area contributed by atoms with Crippen LogP contribution in [0.2, 0.25) is 10.0 Å². The number of aromatic nitrogens is 2. The van der Waals surface area contributed by atoms with Crippen molar-refractivity contribution in [2.45, 2.75) is 10.1 Å². The maximum absolute atomic E-state index is 12.9. The van der Waals surface area contributed by atoms with E-state index in [4.69, 9.17) is 23.2 Å². The summed E-state index contributed by atoms with van der Waals surface area (Å²) in [5.74, 6) is -0.0451. The SMILES string of the molecule is O=C(Nc1nnc(SCc2ccc(F)cc2)s1)c1cccc(Cl)c1Cl. The number of nitrogens with one attached hydrogen (secondary N) is 1. The van der Waals surface area contributed by atoms with Crippen LogP contribution in [0.25, 0.3) is 0 Å². The van der Waals surface area contributed by atoms with Crippen molar-refractivity contribution in [1.29, 1.82) is 0 Å². The summed E-state index contributed by atoms with van der Waals surface area (Å²) < 4.78 is 13.6. The molecule has 0 atom stereocenters. The number of hydrogen-bond acceptors (Lipinski definition) is 5. The molecular formula is C16H10Cl2FN3OS2. The number of carbonyl (C=O) groups excluding carboxylic acids is 1. The Morgan fingerprint density at radius 1 is 1.16 bits per heavy atom. The third kappa shape index (κ3) is 4.70. The molecule has 0 spiro atoms. The van der Waals surface area contributed by atoms with E-state index >= 15 is 0 Å². The smallest absolute Gasteiger partial charge is 0.259 e. The van der Waals surface area contributed by atoms with Gasteiger partial charge in [-0.15, -0.1) is 10.2 Å².